The number of piperidine rings is 1. The van der Waals surface area contributed by atoms with Gasteiger partial charge in [0.05, 0.1) is 0 Å². The standard InChI is InChI=1S/C8H14N2O/c1-10-5-6-4-9-3-2-7(6)8(10)11/h6-7,9H,2-5H2,1H3. The van der Waals surface area contributed by atoms with Crippen molar-refractivity contribution in [1.29, 1.82) is 0 Å². The van der Waals surface area contributed by atoms with Crippen LogP contribution in [0, 0.1) is 11.8 Å². The van der Waals surface area contributed by atoms with Crippen molar-refractivity contribution in [2.75, 3.05) is 26.7 Å². The summed E-state index contributed by atoms with van der Waals surface area (Å²) in [6.07, 6.45) is 1.04. The van der Waals surface area contributed by atoms with Gasteiger partial charge < -0.3 is 10.2 Å². The predicted molar refractivity (Wildman–Crippen MR) is 42.1 cm³/mol. The molecule has 3 heteroatoms. The maximum Gasteiger partial charge on any atom is 0.225 e. The third-order valence-corrected chi connectivity index (χ3v) is 2.81. The lowest BCUT2D eigenvalue weighted by molar-refractivity contribution is -0.130. The molecule has 2 aliphatic heterocycles. The number of hydrogen-bond donors (Lipinski definition) is 1. The van der Waals surface area contributed by atoms with Crippen molar-refractivity contribution < 1.29 is 4.79 Å². The summed E-state index contributed by atoms with van der Waals surface area (Å²) in [5.74, 6) is 1.28. The molecule has 2 heterocycles. The first-order valence-corrected chi connectivity index (χ1v) is 4.25. The molecule has 2 unspecified atom stereocenters. The molecule has 1 amide bonds. The number of amides is 1. The van der Waals surface area contributed by atoms with E-state index in [1.54, 1.807) is 0 Å². The van der Waals surface area contributed by atoms with E-state index in [9.17, 15) is 4.79 Å². The zero-order valence-electron chi connectivity index (χ0n) is 6.84. The van der Waals surface area contributed by atoms with Gasteiger partial charge in [0.25, 0.3) is 0 Å². The Morgan fingerprint density at radius 1 is 1.64 bits per heavy atom. The average Bonchev–Trinajstić information content (AvgIpc) is 2.30. The van der Waals surface area contributed by atoms with Crippen LogP contribution >= 0.6 is 0 Å². The largest absolute Gasteiger partial charge is 0.345 e. The number of nitrogens with zero attached hydrogens (tertiary/aromatic N) is 1. The Hall–Kier alpha value is -0.570. The highest BCUT2D eigenvalue weighted by Gasteiger charge is 2.39. The van der Waals surface area contributed by atoms with Gasteiger partial charge in [0, 0.05) is 32.0 Å². The van der Waals surface area contributed by atoms with E-state index < -0.39 is 0 Å². The van der Waals surface area contributed by atoms with E-state index in [1.165, 1.54) is 0 Å². The van der Waals surface area contributed by atoms with Gasteiger partial charge in [-0.2, -0.15) is 0 Å². The fraction of sp³-hybridized carbons (Fsp3) is 0.875. The normalized spacial score (nSPS) is 37.5. The van der Waals surface area contributed by atoms with Crippen molar-refractivity contribution in [1.82, 2.24) is 10.2 Å². The van der Waals surface area contributed by atoms with Crippen molar-refractivity contribution in [3.8, 4) is 0 Å². The first-order valence-electron chi connectivity index (χ1n) is 4.25. The Balaban J connectivity index is 2.11. The second-order valence-corrected chi connectivity index (χ2v) is 3.58. The lowest BCUT2D eigenvalue weighted by Gasteiger charge is -2.22. The topological polar surface area (TPSA) is 32.3 Å². The van der Waals surface area contributed by atoms with Crippen molar-refractivity contribution in [2.45, 2.75) is 6.42 Å². The van der Waals surface area contributed by atoms with Gasteiger partial charge in [0.2, 0.25) is 5.91 Å². The molecule has 0 radical (unpaired) electrons. The number of carbonyl (C=O) groups excluding carboxylic acids is 1. The Morgan fingerprint density at radius 2 is 2.45 bits per heavy atom. The second-order valence-electron chi connectivity index (χ2n) is 3.58. The third-order valence-electron chi connectivity index (χ3n) is 2.81. The van der Waals surface area contributed by atoms with Crippen LogP contribution in [-0.2, 0) is 4.79 Å². The maximum absolute atomic E-state index is 11.4. The lowest BCUT2D eigenvalue weighted by atomic mass is 9.89. The molecule has 0 aliphatic carbocycles. The van der Waals surface area contributed by atoms with E-state index in [0.717, 1.165) is 26.1 Å². The Morgan fingerprint density at radius 3 is 3.18 bits per heavy atom. The van der Waals surface area contributed by atoms with Crippen LogP contribution in [0.15, 0.2) is 0 Å². The van der Waals surface area contributed by atoms with Crippen LogP contribution in [0.5, 0.6) is 0 Å². The third kappa shape index (κ3) is 1.03. The highest BCUT2D eigenvalue weighted by Crippen LogP contribution is 2.27. The predicted octanol–water partition coefficient (Wildman–Crippen LogP) is -0.316. The van der Waals surface area contributed by atoms with Crippen LogP contribution < -0.4 is 5.32 Å². The highest BCUT2D eigenvalue weighted by molar-refractivity contribution is 5.81. The number of nitrogens with one attached hydrogen (secondary N) is 1. The highest BCUT2D eigenvalue weighted by atomic mass is 16.2. The molecule has 2 fully saturated rings. The minimum atomic E-state index is 0.334. The average molecular weight is 154 g/mol. The van der Waals surface area contributed by atoms with Gasteiger partial charge in [0.15, 0.2) is 0 Å². The van der Waals surface area contributed by atoms with Crippen LogP contribution in [0.1, 0.15) is 6.42 Å². The molecule has 0 aromatic rings. The molecule has 11 heavy (non-hydrogen) atoms. The summed E-state index contributed by atoms with van der Waals surface area (Å²) in [5, 5.41) is 3.32. The molecular weight excluding hydrogens is 140 g/mol. The summed E-state index contributed by atoms with van der Waals surface area (Å²) in [6.45, 7) is 3.00. The van der Waals surface area contributed by atoms with E-state index in [-0.39, 0.29) is 0 Å². The summed E-state index contributed by atoms with van der Waals surface area (Å²) in [6, 6.07) is 0. The van der Waals surface area contributed by atoms with Gasteiger partial charge in [-0.05, 0) is 13.0 Å². The summed E-state index contributed by atoms with van der Waals surface area (Å²) in [5.41, 5.74) is 0. The minimum absolute atomic E-state index is 0.334. The van der Waals surface area contributed by atoms with E-state index >= 15 is 0 Å². The Kier molecular flexibility index (Phi) is 1.60. The molecule has 0 spiro atoms. The Labute approximate surface area is 66.8 Å². The first kappa shape index (κ1) is 7.10. The smallest absolute Gasteiger partial charge is 0.225 e. The van der Waals surface area contributed by atoms with Gasteiger partial charge in [-0.3, -0.25) is 4.79 Å². The molecule has 62 valence electrons. The van der Waals surface area contributed by atoms with Crippen LogP contribution in [0.25, 0.3) is 0 Å². The summed E-state index contributed by atoms with van der Waals surface area (Å²) < 4.78 is 0. The van der Waals surface area contributed by atoms with E-state index in [0.29, 0.717) is 17.7 Å². The van der Waals surface area contributed by atoms with Gasteiger partial charge in [-0.15, -0.1) is 0 Å². The number of likely N-dealkylation sites (tertiary alicyclic amines) is 1. The van der Waals surface area contributed by atoms with Crippen molar-refractivity contribution in [3.05, 3.63) is 0 Å². The summed E-state index contributed by atoms with van der Waals surface area (Å²) in [4.78, 5) is 13.3. The SMILES string of the molecule is CN1CC2CNCCC2C1=O. The number of carbonyl (C=O) groups is 1. The maximum atomic E-state index is 11.4. The monoisotopic (exact) mass is 154 g/mol. The molecule has 0 bridgehead atoms. The van der Waals surface area contributed by atoms with Gasteiger partial charge in [-0.25, -0.2) is 0 Å². The quantitative estimate of drug-likeness (QED) is 0.519. The fourth-order valence-electron chi connectivity index (χ4n) is 2.16. The molecule has 2 saturated heterocycles. The molecule has 0 aromatic heterocycles. The second kappa shape index (κ2) is 2.48. The lowest BCUT2D eigenvalue weighted by Crippen LogP contribution is -2.36. The van der Waals surface area contributed by atoms with Crippen LogP contribution in [0.3, 0.4) is 0 Å². The van der Waals surface area contributed by atoms with Crippen LogP contribution in [0.2, 0.25) is 0 Å². The molecule has 2 rings (SSSR count). The zero-order valence-corrected chi connectivity index (χ0v) is 6.84. The molecule has 0 saturated carbocycles. The zero-order chi connectivity index (χ0) is 7.84. The van der Waals surface area contributed by atoms with E-state index in [2.05, 4.69) is 5.32 Å². The van der Waals surface area contributed by atoms with E-state index in [1.807, 2.05) is 11.9 Å². The van der Waals surface area contributed by atoms with Gasteiger partial charge in [0.1, 0.15) is 0 Å². The number of rotatable bonds is 0. The molecule has 1 N–H and O–H groups in total. The molecule has 2 aliphatic rings. The van der Waals surface area contributed by atoms with Crippen LogP contribution in [0.4, 0.5) is 0 Å². The van der Waals surface area contributed by atoms with E-state index in [4.69, 9.17) is 0 Å². The molecule has 3 nitrogen and oxygen atoms in total. The van der Waals surface area contributed by atoms with Crippen molar-refractivity contribution in [3.63, 3.8) is 0 Å². The first-order chi connectivity index (χ1) is 5.29. The van der Waals surface area contributed by atoms with Crippen LogP contribution in [-0.4, -0.2) is 37.5 Å². The van der Waals surface area contributed by atoms with Crippen molar-refractivity contribution >= 4 is 5.91 Å². The number of hydrogen-bond acceptors (Lipinski definition) is 2. The van der Waals surface area contributed by atoms with Gasteiger partial charge >= 0.3 is 0 Å². The molecule has 0 aromatic carbocycles. The number of fused-ring (bicyclic) bond motifs is 1. The molecule has 2 atom stereocenters. The summed E-state index contributed by atoms with van der Waals surface area (Å²) >= 11 is 0. The Bertz CT molecular complexity index is 181. The van der Waals surface area contributed by atoms with Crippen molar-refractivity contribution in [2.24, 2.45) is 11.8 Å². The van der Waals surface area contributed by atoms with Gasteiger partial charge in [-0.1, -0.05) is 0 Å². The minimum Gasteiger partial charge on any atom is -0.345 e. The molecular formula is C8H14N2O. The summed E-state index contributed by atoms with van der Waals surface area (Å²) in [7, 11) is 1.90. The fourth-order valence-corrected chi connectivity index (χ4v) is 2.16.